The molecule has 0 bridgehead atoms. The molecule has 4 heterocycles. The van der Waals surface area contributed by atoms with Crippen LogP contribution >= 0.6 is 11.3 Å². The SMILES string of the molecule is COc1cccc2c1OC(C)(C)[C@H]1CC3(CO[C@H]21)CN(Cc1cncs1)C3. The predicted octanol–water partition coefficient (Wildman–Crippen LogP) is 3.90. The summed E-state index contributed by atoms with van der Waals surface area (Å²) in [7, 11) is 1.70. The summed E-state index contributed by atoms with van der Waals surface area (Å²) in [5.41, 5.74) is 3.02. The number of aromatic nitrogens is 1. The van der Waals surface area contributed by atoms with E-state index in [1.54, 1.807) is 18.4 Å². The van der Waals surface area contributed by atoms with Crippen LogP contribution < -0.4 is 9.47 Å². The summed E-state index contributed by atoms with van der Waals surface area (Å²) in [6.45, 7) is 8.39. The van der Waals surface area contributed by atoms with Crippen molar-refractivity contribution in [2.75, 3.05) is 26.8 Å². The molecule has 5 rings (SSSR count). The maximum atomic E-state index is 6.51. The van der Waals surface area contributed by atoms with E-state index in [9.17, 15) is 0 Å². The van der Waals surface area contributed by atoms with Gasteiger partial charge in [0.2, 0.25) is 0 Å². The Hall–Kier alpha value is -1.63. The van der Waals surface area contributed by atoms with Crippen LogP contribution in [0.5, 0.6) is 11.5 Å². The van der Waals surface area contributed by atoms with Gasteiger partial charge in [-0.2, -0.15) is 0 Å². The second-order valence-electron chi connectivity index (χ2n) is 8.74. The molecule has 3 aliphatic heterocycles. The first-order chi connectivity index (χ1) is 13.0. The van der Waals surface area contributed by atoms with E-state index in [1.165, 1.54) is 4.88 Å². The zero-order chi connectivity index (χ0) is 18.6. The van der Waals surface area contributed by atoms with Crippen molar-refractivity contribution in [3.05, 3.63) is 40.3 Å². The van der Waals surface area contributed by atoms with Gasteiger partial charge >= 0.3 is 0 Å². The van der Waals surface area contributed by atoms with E-state index in [2.05, 4.69) is 29.8 Å². The number of benzene rings is 1. The van der Waals surface area contributed by atoms with Crippen LogP contribution in [0.15, 0.2) is 29.9 Å². The zero-order valence-corrected chi connectivity index (χ0v) is 16.9. The lowest BCUT2D eigenvalue weighted by atomic mass is 9.64. The van der Waals surface area contributed by atoms with Gasteiger partial charge < -0.3 is 14.2 Å². The first-order valence-corrected chi connectivity index (χ1v) is 10.4. The molecule has 1 aromatic heterocycles. The zero-order valence-electron chi connectivity index (χ0n) is 16.1. The fraction of sp³-hybridized carbons (Fsp3) is 0.571. The fourth-order valence-corrected chi connectivity index (χ4v) is 5.71. The first kappa shape index (κ1) is 17.5. The second kappa shape index (κ2) is 6.19. The summed E-state index contributed by atoms with van der Waals surface area (Å²) in [6.07, 6.45) is 3.20. The van der Waals surface area contributed by atoms with Crippen molar-refractivity contribution in [3.63, 3.8) is 0 Å². The molecule has 0 radical (unpaired) electrons. The topological polar surface area (TPSA) is 43.8 Å². The van der Waals surface area contributed by atoms with Crippen LogP contribution in [0.25, 0.3) is 0 Å². The smallest absolute Gasteiger partial charge is 0.167 e. The van der Waals surface area contributed by atoms with Gasteiger partial charge in [0.25, 0.3) is 0 Å². The molecule has 5 nitrogen and oxygen atoms in total. The summed E-state index contributed by atoms with van der Waals surface area (Å²) in [6, 6.07) is 6.12. The average molecular weight is 387 g/mol. The second-order valence-corrected chi connectivity index (χ2v) is 9.71. The van der Waals surface area contributed by atoms with Crippen molar-refractivity contribution < 1.29 is 14.2 Å². The van der Waals surface area contributed by atoms with Crippen LogP contribution in [0.2, 0.25) is 0 Å². The molecule has 0 unspecified atom stereocenters. The lowest BCUT2D eigenvalue weighted by Gasteiger charge is -2.58. The number of thiazole rings is 1. The monoisotopic (exact) mass is 386 g/mol. The van der Waals surface area contributed by atoms with E-state index in [-0.39, 0.29) is 17.1 Å². The largest absolute Gasteiger partial charge is 0.493 e. The van der Waals surface area contributed by atoms with E-state index in [0.717, 1.165) is 49.7 Å². The number of para-hydroxylation sites is 1. The van der Waals surface area contributed by atoms with Gasteiger partial charge in [0.05, 0.1) is 25.3 Å². The lowest BCUT2D eigenvalue weighted by Crippen LogP contribution is -2.63. The van der Waals surface area contributed by atoms with Gasteiger partial charge in [-0.05, 0) is 26.3 Å². The molecule has 2 fully saturated rings. The summed E-state index contributed by atoms with van der Waals surface area (Å²) in [5, 5.41) is 0. The Kier molecular flexibility index (Phi) is 4.00. The molecule has 0 aliphatic carbocycles. The van der Waals surface area contributed by atoms with Gasteiger partial charge in [-0.15, -0.1) is 11.3 Å². The van der Waals surface area contributed by atoms with Crippen LogP contribution in [0, 0.1) is 11.3 Å². The summed E-state index contributed by atoms with van der Waals surface area (Å²) >= 11 is 1.73. The summed E-state index contributed by atoms with van der Waals surface area (Å²) < 4.78 is 18.5. The molecule has 2 atom stereocenters. The highest BCUT2D eigenvalue weighted by atomic mass is 32.1. The van der Waals surface area contributed by atoms with Crippen molar-refractivity contribution in [3.8, 4) is 11.5 Å². The van der Waals surface area contributed by atoms with Gasteiger partial charge in [-0.1, -0.05) is 12.1 Å². The Labute approximate surface area is 164 Å². The van der Waals surface area contributed by atoms with Gasteiger partial charge in [-0.3, -0.25) is 9.88 Å². The van der Waals surface area contributed by atoms with E-state index < -0.39 is 0 Å². The Bertz CT molecular complexity index is 830. The van der Waals surface area contributed by atoms with Crippen molar-refractivity contribution in [1.82, 2.24) is 9.88 Å². The molecule has 27 heavy (non-hydrogen) atoms. The van der Waals surface area contributed by atoms with E-state index in [1.807, 2.05) is 23.8 Å². The Morgan fingerprint density at radius 2 is 2.19 bits per heavy atom. The molecule has 0 saturated carbocycles. The first-order valence-electron chi connectivity index (χ1n) is 9.57. The number of methoxy groups -OCH3 is 1. The van der Waals surface area contributed by atoms with E-state index in [4.69, 9.17) is 14.2 Å². The van der Waals surface area contributed by atoms with Crippen LogP contribution in [0.1, 0.15) is 36.8 Å². The lowest BCUT2D eigenvalue weighted by molar-refractivity contribution is -0.200. The molecule has 1 aromatic carbocycles. The van der Waals surface area contributed by atoms with Crippen LogP contribution in [-0.4, -0.2) is 42.3 Å². The molecule has 3 aliphatic rings. The highest BCUT2D eigenvalue weighted by molar-refractivity contribution is 7.09. The maximum absolute atomic E-state index is 6.51. The maximum Gasteiger partial charge on any atom is 0.167 e. The molecule has 2 aromatic rings. The predicted molar refractivity (Wildman–Crippen MR) is 104 cm³/mol. The van der Waals surface area contributed by atoms with Gasteiger partial charge in [-0.25, -0.2) is 0 Å². The third-order valence-corrected chi connectivity index (χ3v) is 7.13. The Balaban J connectivity index is 1.35. The van der Waals surface area contributed by atoms with Crippen molar-refractivity contribution in [2.45, 2.75) is 38.5 Å². The third-order valence-electron chi connectivity index (χ3n) is 6.36. The standard InChI is InChI=1S/C21H26N2O3S/c1-20(2)16-7-21(10-23(11-21)9-14-8-22-13-27-14)12-25-18(16)15-5-4-6-17(24-3)19(15)26-20/h4-6,8,13,16,18H,7,9-12H2,1-3H3/t16-,18+/m0/s1. The van der Waals surface area contributed by atoms with Crippen molar-refractivity contribution in [1.29, 1.82) is 0 Å². The van der Waals surface area contributed by atoms with Gasteiger partial charge in [0, 0.05) is 47.6 Å². The van der Waals surface area contributed by atoms with Crippen LogP contribution in [-0.2, 0) is 11.3 Å². The van der Waals surface area contributed by atoms with Gasteiger partial charge in [0.15, 0.2) is 11.5 Å². The molecular weight excluding hydrogens is 360 g/mol. The number of nitrogens with zero attached hydrogens (tertiary/aromatic N) is 2. The van der Waals surface area contributed by atoms with E-state index in [0.29, 0.717) is 5.92 Å². The quantitative estimate of drug-likeness (QED) is 0.800. The number of hydrogen-bond donors (Lipinski definition) is 0. The molecule has 0 N–H and O–H groups in total. The fourth-order valence-electron chi connectivity index (χ4n) is 5.07. The Morgan fingerprint density at radius 3 is 2.93 bits per heavy atom. The Morgan fingerprint density at radius 1 is 1.33 bits per heavy atom. The number of ether oxygens (including phenoxy) is 3. The molecule has 144 valence electrons. The number of fused-ring (bicyclic) bond motifs is 3. The minimum Gasteiger partial charge on any atom is -0.493 e. The van der Waals surface area contributed by atoms with Crippen molar-refractivity contribution >= 4 is 11.3 Å². The normalized spacial score (nSPS) is 28.0. The number of hydrogen-bond acceptors (Lipinski definition) is 6. The highest BCUT2D eigenvalue weighted by Gasteiger charge is 2.56. The molecule has 1 spiro atoms. The minimum atomic E-state index is -0.280. The van der Waals surface area contributed by atoms with Crippen molar-refractivity contribution in [2.24, 2.45) is 11.3 Å². The molecule has 0 amide bonds. The summed E-state index contributed by atoms with van der Waals surface area (Å²) in [4.78, 5) is 8.03. The van der Waals surface area contributed by atoms with E-state index >= 15 is 0 Å². The number of rotatable bonds is 3. The van der Waals surface area contributed by atoms with Crippen LogP contribution in [0.3, 0.4) is 0 Å². The highest BCUT2D eigenvalue weighted by Crippen LogP contribution is 2.56. The molecule has 6 heteroatoms. The summed E-state index contributed by atoms with van der Waals surface area (Å²) in [5.74, 6) is 1.99. The average Bonchev–Trinajstić information content (AvgIpc) is 3.13. The van der Waals surface area contributed by atoms with Gasteiger partial charge in [0.1, 0.15) is 5.60 Å². The molecule has 2 saturated heterocycles. The third kappa shape index (κ3) is 2.85. The van der Waals surface area contributed by atoms with Crippen LogP contribution in [0.4, 0.5) is 0 Å². The number of likely N-dealkylation sites (tertiary alicyclic amines) is 1. The molecular formula is C21H26N2O3S. The minimum absolute atomic E-state index is 0.0834.